The Morgan fingerprint density at radius 1 is 0.232 bits per heavy atom. The van der Waals surface area contributed by atoms with Crippen LogP contribution < -0.4 is 4.90 Å². The average Bonchev–Trinajstić information content (AvgIpc) is 3.65. The van der Waals surface area contributed by atoms with E-state index in [-0.39, 0.29) is 0 Å². The highest BCUT2D eigenvalue weighted by atomic mass is 16.3. The Balaban J connectivity index is 0.912. The predicted octanol–water partition coefficient (Wildman–Crippen LogP) is 15.4. The summed E-state index contributed by atoms with van der Waals surface area (Å²) in [5, 5.41) is 2.26. The molecule has 1 aromatic heterocycles. The van der Waals surface area contributed by atoms with Gasteiger partial charge in [-0.1, -0.05) is 158 Å². The molecule has 56 heavy (non-hydrogen) atoms. The maximum Gasteiger partial charge on any atom is 0.135 e. The highest BCUT2D eigenvalue weighted by molar-refractivity contribution is 6.07. The number of hydrogen-bond donors (Lipinski definition) is 0. The van der Waals surface area contributed by atoms with Crippen molar-refractivity contribution in [1.82, 2.24) is 0 Å². The molecule has 0 unspecified atom stereocenters. The van der Waals surface area contributed by atoms with Crippen molar-refractivity contribution in [2.75, 3.05) is 4.90 Å². The third-order valence-electron chi connectivity index (χ3n) is 10.7. The van der Waals surface area contributed by atoms with Crippen LogP contribution >= 0.6 is 0 Å². The van der Waals surface area contributed by atoms with E-state index in [2.05, 4.69) is 229 Å². The van der Waals surface area contributed by atoms with E-state index < -0.39 is 0 Å². The summed E-state index contributed by atoms with van der Waals surface area (Å²) in [6, 6.07) is 80.0. The summed E-state index contributed by atoms with van der Waals surface area (Å²) in [7, 11) is 0. The molecule has 0 aliphatic heterocycles. The fourth-order valence-electron chi connectivity index (χ4n) is 7.76. The lowest BCUT2D eigenvalue weighted by Gasteiger charge is -2.26. The normalized spacial score (nSPS) is 11.2. The van der Waals surface area contributed by atoms with Crippen molar-refractivity contribution in [3.05, 3.63) is 224 Å². The summed E-state index contributed by atoms with van der Waals surface area (Å²) in [5.41, 5.74) is 17.0. The molecule has 0 N–H and O–H groups in total. The maximum absolute atomic E-state index is 6.23. The first-order chi connectivity index (χ1) is 27.7. The quantitative estimate of drug-likeness (QED) is 0.156. The number of hydrogen-bond acceptors (Lipinski definition) is 2. The van der Waals surface area contributed by atoms with Gasteiger partial charge in [0.15, 0.2) is 0 Å². The summed E-state index contributed by atoms with van der Waals surface area (Å²) in [5.74, 6) is 0. The number of benzene rings is 9. The molecule has 0 bridgehead atoms. The number of rotatable bonds is 8. The van der Waals surface area contributed by atoms with Crippen LogP contribution in [0.5, 0.6) is 0 Å². The predicted molar refractivity (Wildman–Crippen MR) is 236 cm³/mol. The maximum atomic E-state index is 6.23. The van der Waals surface area contributed by atoms with Crippen molar-refractivity contribution < 1.29 is 4.42 Å². The Morgan fingerprint density at radius 3 is 1.00 bits per heavy atom. The van der Waals surface area contributed by atoms with E-state index in [0.717, 1.165) is 39.0 Å². The average molecular weight is 716 g/mol. The van der Waals surface area contributed by atoms with Gasteiger partial charge in [-0.05, 0) is 122 Å². The summed E-state index contributed by atoms with van der Waals surface area (Å²) in [6.45, 7) is 0. The second-order valence-electron chi connectivity index (χ2n) is 14.2. The van der Waals surface area contributed by atoms with Gasteiger partial charge in [0, 0.05) is 27.8 Å². The first kappa shape index (κ1) is 33.2. The van der Waals surface area contributed by atoms with Crippen LogP contribution in [-0.4, -0.2) is 0 Å². The zero-order chi connectivity index (χ0) is 37.3. The first-order valence-corrected chi connectivity index (χ1v) is 19.1. The second-order valence-corrected chi connectivity index (χ2v) is 14.2. The molecule has 0 radical (unpaired) electrons. The first-order valence-electron chi connectivity index (χ1n) is 19.1. The molecule has 0 amide bonds. The van der Waals surface area contributed by atoms with E-state index in [1.165, 1.54) is 55.6 Å². The standard InChI is InChI=1S/C54H37NO/c1-4-11-38(12-5-1)40-23-29-49(30-24-40)55(48-17-8-3-9-18-48)50-31-25-43(26-32-50)45-16-10-15-44(35-45)41-19-21-42(22-20-41)47-28-34-54-52(37-47)51-36-46(27-33-53(51)56-54)39-13-6-2-7-14-39/h1-37H. The Labute approximate surface area is 327 Å². The summed E-state index contributed by atoms with van der Waals surface area (Å²) >= 11 is 0. The molecule has 0 spiro atoms. The Kier molecular flexibility index (Phi) is 8.55. The number of anilines is 3. The van der Waals surface area contributed by atoms with Gasteiger partial charge in [-0.2, -0.15) is 0 Å². The third kappa shape index (κ3) is 6.44. The number of nitrogens with zero attached hydrogens (tertiary/aromatic N) is 1. The third-order valence-corrected chi connectivity index (χ3v) is 10.7. The van der Waals surface area contributed by atoms with E-state index >= 15 is 0 Å². The molecular formula is C54H37NO. The smallest absolute Gasteiger partial charge is 0.135 e. The summed E-state index contributed by atoms with van der Waals surface area (Å²) in [4.78, 5) is 2.31. The van der Waals surface area contributed by atoms with Gasteiger partial charge >= 0.3 is 0 Å². The minimum Gasteiger partial charge on any atom is -0.456 e. The van der Waals surface area contributed by atoms with Crippen LogP contribution in [0.4, 0.5) is 17.1 Å². The fraction of sp³-hybridized carbons (Fsp3) is 0. The molecule has 264 valence electrons. The molecule has 0 aliphatic rings. The van der Waals surface area contributed by atoms with Crippen LogP contribution in [0.2, 0.25) is 0 Å². The highest BCUT2D eigenvalue weighted by Crippen LogP contribution is 2.38. The van der Waals surface area contributed by atoms with E-state index in [1.807, 2.05) is 0 Å². The van der Waals surface area contributed by atoms with Gasteiger partial charge in [0.05, 0.1) is 0 Å². The van der Waals surface area contributed by atoms with Crippen molar-refractivity contribution in [2.24, 2.45) is 0 Å². The van der Waals surface area contributed by atoms with Gasteiger partial charge < -0.3 is 9.32 Å². The molecule has 0 atom stereocenters. The highest BCUT2D eigenvalue weighted by Gasteiger charge is 2.14. The van der Waals surface area contributed by atoms with Crippen LogP contribution in [0.15, 0.2) is 229 Å². The molecule has 0 saturated heterocycles. The number of furan rings is 1. The van der Waals surface area contributed by atoms with Crippen LogP contribution in [0.1, 0.15) is 0 Å². The molecule has 2 heteroatoms. The number of fused-ring (bicyclic) bond motifs is 3. The largest absolute Gasteiger partial charge is 0.456 e. The summed E-state index contributed by atoms with van der Waals surface area (Å²) < 4.78 is 6.23. The molecular weight excluding hydrogens is 679 g/mol. The van der Waals surface area contributed by atoms with Gasteiger partial charge in [0.1, 0.15) is 11.2 Å². The SMILES string of the molecule is c1ccc(-c2ccc(N(c3ccccc3)c3ccc(-c4cccc(-c5ccc(-c6ccc7oc8ccc(-c9ccccc9)cc8c7c6)cc5)c4)cc3)cc2)cc1. The van der Waals surface area contributed by atoms with Gasteiger partial charge in [0.25, 0.3) is 0 Å². The van der Waals surface area contributed by atoms with E-state index in [4.69, 9.17) is 4.42 Å². The van der Waals surface area contributed by atoms with Crippen molar-refractivity contribution in [2.45, 2.75) is 0 Å². The Bertz CT molecular complexity index is 2910. The molecule has 10 aromatic rings. The lowest BCUT2D eigenvalue weighted by molar-refractivity contribution is 0.669. The minimum atomic E-state index is 0.903. The van der Waals surface area contributed by atoms with Crippen LogP contribution in [0.25, 0.3) is 77.6 Å². The van der Waals surface area contributed by atoms with E-state index in [9.17, 15) is 0 Å². The van der Waals surface area contributed by atoms with Crippen molar-refractivity contribution in [3.8, 4) is 55.6 Å². The van der Waals surface area contributed by atoms with Gasteiger partial charge in [-0.3, -0.25) is 0 Å². The van der Waals surface area contributed by atoms with Crippen molar-refractivity contribution >= 4 is 39.0 Å². The fourth-order valence-corrected chi connectivity index (χ4v) is 7.76. The van der Waals surface area contributed by atoms with Gasteiger partial charge in [-0.15, -0.1) is 0 Å². The van der Waals surface area contributed by atoms with Crippen LogP contribution in [0.3, 0.4) is 0 Å². The van der Waals surface area contributed by atoms with Crippen molar-refractivity contribution in [1.29, 1.82) is 0 Å². The van der Waals surface area contributed by atoms with E-state index in [0.29, 0.717) is 0 Å². The zero-order valence-electron chi connectivity index (χ0n) is 30.7. The van der Waals surface area contributed by atoms with Crippen molar-refractivity contribution in [3.63, 3.8) is 0 Å². The lowest BCUT2D eigenvalue weighted by atomic mass is 9.96. The summed E-state index contributed by atoms with van der Waals surface area (Å²) in [6.07, 6.45) is 0. The molecule has 0 fully saturated rings. The zero-order valence-corrected chi connectivity index (χ0v) is 30.7. The number of para-hydroxylation sites is 1. The monoisotopic (exact) mass is 715 g/mol. The molecule has 0 aliphatic carbocycles. The topological polar surface area (TPSA) is 16.4 Å². The molecule has 2 nitrogen and oxygen atoms in total. The lowest BCUT2D eigenvalue weighted by Crippen LogP contribution is -2.09. The molecule has 0 saturated carbocycles. The second kappa shape index (κ2) is 14.4. The Morgan fingerprint density at radius 2 is 0.536 bits per heavy atom. The molecule has 9 aromatic carbocycles. The van der Waals surface area contributed by atoms with Gasteiger partial charge in [-0.25, -0.2) is 0 Å². The van der Waals surface area contributed by atoms with Crippen LogP contribution in [0, 0.1) is 0 Å². The minimum absolute atomic E-state index is 0.903. The van der Waals surface area contributed by atoms with E-state index in [1.54, 1.807) is 0 Å². The van der Waals surface area contributed by atoms with Gasteiger partial charge in [0.2, 0.25) is 0 Å². The molecule has 1 heterocycles. The van der Waals surface area contributed by atoms with Crippen LogP contribution in [-0.2, 0) is 0 Å². The molecule has 10 rings (SSSR count). The Hall–Kier alpha value is -7.42.